The summed E-state index contributed by atoms with van der Waals surface area (Å²) >= 11 is 5.32. The number of pyridine rings is 1. The molecule has 0 amide bonds. The molecule has 0 aliphatic carbocycles. The molecule has 1 aliphatic heterocycles. The first-order valence-corrected chi connectivity index (χ1v) is 6.16. The van der Waals surface area contributed by atoms with Crippen LogP contribution in [-0.4, -0.2) is 22.0 Å². The number of hydrogen-bond donors (Lipinski definition) is 1. The standard InChI is InChI=1S/C13H13N3OS/c1-16-12(10-6-4-8-17-10)11(15-13(16)18)9-5-2-3-7-14-9/h2-8,11-12H,1H3,(H,15,18)/t11-,12-/m1/s1. The minimum Gasteiger partial charge on any atom is -0.467 e. The van der Waals surface area contributed by atoms with Crippen molar-refractivity contribution in [1.82, 2.24) is 15.2 Å². The van der Waals surface area contributed by atoms with Crippen LogP contribution in [0.3, 0.4) is 0 Å². The number of nitrogens with zero attached hydrogens (tertiary/aromatic N) is 2. The van der Waals surface area contributed by atoms with Gasteiger partial charge in [-0.1, -0.05) is 6.07 Å². The number of rotatable bonds is 2. The molecule has 3 heterocycles. The molecular weight excluding hydrogens is 246 g/mol. The minimum atomic E-state index is 0.0230. The number of furan rings is 1. The molecule has 0 bridgehead atoms. The predicted octanol–water partition coefficient (Wildman–Crippen LogP) is 2.28. The van der Waals surface area contributed by atoms with Crippen molar-refractivity contribution in [2.24, 2.45) is 0 Å². The van der Waals surface area contributed by atoms with Crippen molar-refractivity contribution in [3.05, 3.63) is 54.2 Å². The van der Waals surface area contributed by atoms with Gasteiger partial charge in [0.1, 0.15) is 11.8 Å². The second kappa shape index (κ2) is 4.42. The molecule has 2 atom stereocenters. The third-order valence-corrected chi connectivity index (χ3v) is 3.58. The SMILES string of the molecule is CN1C(=S)N[C@H](c2ccccn2)[C@H]1c1ccco1. The van der Waals surface area contributed by atoms with E-state index in [0.29, 0.717) is 5.11 Å². The van der Waals surface area contributed by atoms with Gasteiger partial charge in [0, 0.05) is 13.2 Å². The molecule has 1 saturated heterocycles. The number of likely N-dealkylation sites (N-methyl/N-ethyl adjacent to an activating group) is 1. The third kappa shape index (κ3) is 1.76. The summed E-state index contributed by atoms with van der Waals surface area (Å²) in [5.74, 6) is 0.889. The smallest absolute Gasteiger partial charge is 0.170 e. The lowest BCUT2D eigenvalue weighted by Gasteiger charge is -2.21. The average Bonchev–Trinajstić information content (AvgIpc) is 3.00. The Kier molecular flexibility index (Phi) is 2.76. The quantitative estimate of drug-likeness (QED) is 0.838. The summed E-state index contributed by atoms with van der Waals surface area (Å²) in [6.45, 7) is 0. The molecule has 0 aromatic carbocycles. The maximum absolute atomic E-state index is 5.52. The van der Waals surface area contributed by atoms with Crippen LogP contribution in [0, 0.1) is 0 Å². The Morgan fingerprint density at radius 2 is 2.22 bits per heavy atom. The van der Waals surface area contributed by atoms with Crippen molar-refractivity contribution in [3.63, 3.8) is 0 Å². The van der Waals surface area contributed by atoms with Gasteiger partial charge in [-0.15, -0.1) is 0 Å². The van der Waals surface area contributed by atoms with Crippen molar-refractivity contribution in [1.29, 1.82) is 0 Å². The van der Waals surface area contributed by atoms with Gasteiger partial charge in [0.2, 0.25) is 0 Å². The molecule has 1 aliphatic rings. The lowest BCUT2D eigenvalue weighted by Crippen LogP contribution is -2.24. The van der Waals surface area contributed by atoms with Crippen molar-refractivity contribution >= 4 is 17.3 Å². The highest BCUT2D eigenvalue weighted by molar-refractivity contribution is 7.80. The minimum absolute atomic E-state index is 0.0230. The molecule has 18 heavy (non-hydrogen) atoms. The van der Waals surface area contributed by atoms with Crippen LogP contribution >= 0.6 is 12.2 Å². The maximum Gasteiger partial charge on any atom is 0.170 e. The second-order valence-corrected chi connectivity index (χ2v) is 4.64. The molecule has 2 aromatic rings. The van der Waals surface area contributed by atoms with E-state index >= 15 is 0 Å². The number of aromatic nitrogens is 1. The van der Waals surface area contributed by atoms with Crippen LogP contribution in [0.4, 0.5) is 0 Å². The maximum atomic E-state index is 5.52. The molecule has 92 valence electrons. The molecule has 5 heteroatoms. The summed E-state index contributed by atoms with van der Waals surface area (Å²) < 4.78 is 5.52. The lowest BCUT2D eigenvalue weighted by atomic mass is 10.0. The topological polar surface area (TPSA) is 41.3 Å². The van der Waals surface area contributed by atoms with E-state index in [1.54, 1.807) is 12.5 Å². The Bertz CT molecular complexity index is 541. The Morgan fingerprint density at radius 3 is 2.89 bits per heavy atom. The molecular formula is C13H13N3OS. The van der Waals surface area contributed by atoms with Crippen molar-refractivity contribution in [3.8, 4) is 0 Å². The first-order chi connectivity index (χ1) is 8.77. The van der Waals surface area contributed by atoms with E-state index in [1.165, 1.54) is 0 Å². The summed E-state index contributed by atoms with van der Waals surface area (Å²) in [7, 11) is 1.96. The van der Waals surface area contributed by atoms with Gasteiger partial charge < -0.3 is 14.6 Å². The summed E-state index contributed by atoms with van der Waals surface area (Å²) in [6.07, 6.45) is 3.47. The van der Waals surface area contributed by atoms with E-state index in [1.807, 2.05) is 42.3 Å². The fourth-order valence-electron chi connectivity index (χ4n) is 2.27. The first-order valence-electron chi connectivity index (χ1n) is 5.75. The summed E-state index contributed by atoms with van der Waals surface area (Å²) in [6, 6.07) is 9.80. The Balaban J connectivity index is 2.00. The van der Waals surface area contributed by atoms with Gasteiger partial charge >= 0.3 is 0 Å². The zero-order valence-electron chi connectivity index (χ0n) is 9.91. The van der Waals surface area contributed by atoms with Crippen molar-refractivity contribution in [2.75, 3.05) is 7.05 Å². The summed E-state index contributed by atoms with van der Waals surface area (Å²) in [5, 5.41) is 4.01. The van der Waals surface area contributed by atoms with E-state index in [-0.39, 0.29) is 12.1 Å². The molecule has 1 fully saturated rings. The average molecular weight is 259 g/mol. The van der Waals surface area contributed by atoms with Gasteiger partial charge in [-0.2, -0.15) is 0 Å². The van der Waals surface area contributed by atoms with Gasteiger partial charge in [0.25, 0.3) is 0 Å². The van der Waals surface area contributed by atoms with Gasteiger partial charge in [-0.05, 0) is 36.5 Å². The van der Waals surface area contributed by atoms with Crippen LogP contribution in [0.5, 0.6) is 0 Å². The molecule has 0 unspecified atom stereocenters. The molecule has 3 rings (SSSR count). The molecule has 2 aromatic heterocycles. The fourth-order valence-corrected chi connectivity index (χ4v) is 2.51. The zero-order valence-corrected chi connectivity index (χ0v) is 10.7. The summed E-state index contributed by atoms with van der Waals surface area (Å²) in [4.78, 5) is 6.41. The van der Waals surface area contributed by atoms with E-state index < -0.39 is 0 Å². The molecule has 4 nitrogen and oxygen atoms in total. The highest BCUT2D eigenvalue weighted by Crippen LogP contribution is 2.37. The van der Waals surface area contributed by atoms with Crippen LogP contribution in [-0.2, 0) is 0 Å². The van der Waals surface area contributed by atoms with Gasteiger partial charge in [-0.25, -0.2) is 0 Å². The predicted molar refractivity (Wildman–Crippen MR) is 71.9 cm³/mol. The van der Waals surface area contributed by atoms with Crippen LogP contribution < -0.4 is 5.32 Å². The highest BCUT2D eigenvalue weighted by atomic mass is 32.1. The second-order valence-electron chi connectivity index (χ2n) is 4.25. The van der Waals surface area contributed by atoms with Crippen LogP contribution in [0.2, 0.25) is 0 Å². The highest BCUT2D eigenvalue weighted by Gasteiger charge is 2.39. The van der Waals surface area contributed by atoms with E-state index in [4.69, 9.17) is 16.6 Å². The molecule has 0 saturated carbocycles. The van der Waals surface area contributed by atoms with Gasteiger partial charge in [-0.3, -0.25) is 4.98 Å². The van der Waals surface area contributed by atoms with Gasteiger partial charge in [0.05, 0.1) is 18.0 Å². The Hall–Kier alpha value is -1.88. The van der Waals surface area contributed by atoms with E-state index in [0.717, 1.165) is 11.5 Å². The number of hydrogen-bond acceptors (Lipinski definition) is 3. The van der Waals surface area contributed by atoms with Crippen LogP contribution in [0.1, 0.15) is 23.5 Å². The van der Waals surface area contributed by atoms with Crippen molar-refractivity contribution in [2.45, 2.75) is 12.1 Å². The Labute approximate surface area is 111 Å². The Morgan fingerprint density at radius 1 is 1.33 bits per heavy atom. The van der Waals surface area contributed by atoms with Crippen molar-refractivity contribution < 1.29 is 4.42 Å². The normalized spacial score (nSPS) is 23.2. The molecule has 0 spiro atoms. The van der Waals surface area contributed by atoms with E-state index in [9.17, 15) is 0 Å². The largest absolute Gasteiger partial charge is 0.467 e. The fraction of sp³-hybridized carbons (Fsp3) is 0.231. The first kappa shape index (κ1) is 11.2. The molecule has 0 radical (unpaired) electrons. The zero-order chi connectivity index (χ0) is 12.5. The van der Waals surface area contributed by atoms with Crippen LogP contribution in [0.15, 0.2) is 47.2 Å². The third-order valence-electron chi connectivity index (χ3n) is 3.17. The monoisotopic (exact) mass is 259 g/mol. The van der Waals surface area contributed by atoms with E-state index in [2.05, 4.69) is 10.3 Å². The number of thiocarbonyl (C=S) groups is 1. The number of nitrogens with one attached hydrogen (secondary N) is 1. The summed E-state index contributed by atoms with van der Waals surface area (Å²) in [5.41, 5.74) is 0.964. The lowest BCUT2D eigenvalue weighted by molar-refractivity contribution is 0.308. The van der Waals surface area contributed by atoms with Crippen LogP contribution in [0.25, 0.3) is 0 Å². The molecule has 1 N–H and O–H groups in total. The van der Waals surface area contributed by atoms with Gasteiger partial charge in [0.15, 0.2) is 5.11 Å².